The molecular formula is C11H10ClF2NO. The standard InChI is InChI=1S/C11H10ClF2NO/c12-5-11(16)15-2-1-7-3-8(13)4-10(14)9(7)6-15/h3-4H,1-2,5-6H2. The molecule has 5 heteroatoms. The van der Waals surface area contributed by atoms with Gasteiger partial charge in [-0.05, 0) is 18.1 Å². The molecule has 0 fully saturated rings. The van der Waals surface area contributed by atoms with Crippen LogP contribution in [0.25, 0.3) is 0 Å². The van der Waals surface area contributed by atoms with Gasteiger partial charge in [0.2, 0.25) is 5.91 Å². The van der Waals surface area contributed by atoms with Crippen LogP contribution < -0.4 is 0 Å². The van der Waals surface area contributed by atoms with Gasteiger partial charge in [0.15, 0.2) is 0 Å². The fourth-order valence-corrected chi connectivity index (χ4v) is 2.05. The van der Waals surface area contributed by atoms with Gasteiger partial charge in [0.05, 0.1) is 0 Å². The quantitative estimate of drug-likeness (QED) is 0.694. The van der Waals surface area contributed by atoms with Crippen LogP contribution in [0.4, 0.5) is 8.78 Å². The van der Waals surface area contributed by atoms with E-state index in [1.807, 2.05) is 0 Å². The molecular weight excluding hydrogens is 236 g/mol. The monoisotopic (exact) mass is 245 g/mol. The molecule has 0 spiro atoms. The maximum Gasteiger partial charge on any atom is 0.237 e. The lowest BCUT2D eigenvalue weighted by atomic mass is 9.99. The van der Waals surface area contributed by atoms with E-state index in [2.05, 4.69) is 0 Å². The van der Waals surface area contributed by atoms with Crippen LogP contribution in [0.1, 0.15) is 11.1 Å². The van der Waals surface area contributed by atoms with E-state index < -0.39 is 11.6 Å². The van der Waals surface area contributed by atoms with Crippen LogP contribution in [0.3, 0.4) is 0 Å². The second kappa shape index (κ2) is 4.37. The predicted molar refractivity (Wildman–Crippen MR) is 56.2 cm³/mol. The number of alkyl halides is 1. The third-order valence-corrected chi connectivity index (χ3v) is 2.95. The molecule has 0 aliphatic carbocycles. The van der Waals surface area contributed by atoms with Gasteiger partial charge in [-0.2, -0.15) is 0 Å². The highest BCUT2D eigenvalue weighted by Crippen LogP contribution is 2.23. The summed E-state index contributed by atoms with van der Waals surface area (Å²) in [4.78, 5) is 12.8. The van der Waals surface area contributed by atoms with E-state index in [-0.39, 0.29) is 18.3 Å². The van der Waals surface area contributed by atoms with Crippen LogP contribution >= 0.6 is 11.6 Å². The zero-order chi connectivity index (χ0) is 11.7. The third kappa shape index (κ3) is 2.02. The second-order valence-corrected chi connectivity index (χ2v) is 3.99. The van der Waals surface area contributed by atoms with Gasteiger partial charge in [-0.15, -0.1) is 11.6 Å². The van der Waals surface area contributed by atoms with Crippen molar-refractivity contribution in [1.29, 1.82) is 0 Å². The first-order chi connectivity index (χ1) is 7.61. The Labute approximate surface area is 96.8 Å². The normalized spacial score (nSPS) is 14.8. The maximum absolute atomic E-state index is 13.5. The van der Waals surface area contributed by atoms with E-state index >= 15 is 0 Å². The van der Waals surface area contributed by atoms with Gasteiger partial charge in [-0.1, -0.05) is 0 Å². The number of nitrogens with zero attached hydrogens (tertiary/aromatic N) is 1. The summed E-state index contributed by atoms with van der Waals surface area (Å²) in [7, 11) is 0. The highest BCUT2D eigenvalue weighted by molar-refractivity contribution is 6.27. The number of carbonyl (C=O) groups excluding carboxylic acids is 1. The lowest BCUT2D eigenvalue weighted by Crippen LogP contribution is -2.37. The molecule has 0 atom stereocenters. The zero-order valence-electron chi connectivity index (χ0n) is 8.47. The first kappa shape index (κ1) is 11.3. The minimum Gasteiger partial charge on any atom is -0.337 e. The molecule has 0 radical (unpaired) electrons. The van der Waals surface area contributed by atoms with Gasteiger partial charge < -0.3 is 4.90 Å². The fraction of sp³-hybridized carbons (Fsp3) is 0.364. The predicted octanol–water partition coefficient (Wildman–Crippen LogP) is 2.09. The molecule has 0 unspecified atom stereocenters. The van der Waals surface area contributed by atoms with Crippen molar-refractivity contribution in [3.63, 3.8) is 0 Å². The van der Waals surface area contributed by atoms with Crippen LogP contribution in [0.5, 0.6) is 0 Å². The molecule has 1 heterocycles. The maximum atomic E-state index is 13.5. The van der Waals surface area contributed by atoms with Gasteiger partial charge in [0.25, 0.3) is 0 Å². The van der Waals surface area contributed by atoms with Gasteiger partial charge in [0, 0.05) is 24.7 Å². The van der Waals surface area contributed by atoms with Crippen LogP contribution in [0, 0.1) is 11.6 Å². The minimum absolute atomic E-state index is 0.113. The molecule has 1 aromatic rings. The van der Waals surface area contributed by atoms with Crippen molar-refractivity contribution in [1.82, 2.24) is 4.90 Å². The van der Waals surface area contributed by atoms with E-state index in [4.69, 9.17) is 11.6 Å². The molecule has 2 nitrogen and oxygen atoms in total. The summed E-state index contributed by atoms with van der Waals surface area (Å²) in [6.07, 6.45) is 0.465. The number of carbonyl (C=O) groups is 1. The molecule has 1 amide bonds. The molecule has 0 aromatic heterocycles. The highest BCUT2D eigenvalue weighted by atomic mass is 35.5. The number of hydrogen-bond donors (Lipinski definition) is 0. The van der Waals surface area contributed by atoms with Crippen LogP contribution in [-0.4, -0.2) is 23.2 Å². The van der Waals surface area contributed by atoms with Gasteiger partial charge in [-0.25, -0.2) is 8.78 Å². The second-order valence-electron chi connectivity index (χ2n) is 3.72. The summed E-state index contributed by atoms with van der Waals surface area (Å²) < 4.78 is 26.4. The summed E-state index contributed by atoms with van der Waals surface area (Å²) >= 11 is 5.43. The number of fused-ring (bicyclic) bond motifs is 1. The van der Waals surface area contributed by atoms with Crippen LogP contribution in [-0.2, 0) is 17.8 Å². The Morgan fingerprint density at radius 3 is 2.88 bits per heavy atom. The lowest BCUT2D eigenvalue weighted by molar-refractivity contribution is -0.129. The molecule has 0 saturated carbocycles. The smallest absolute Gasteiger partial charge is 0.237 e. The average Bonchev–Trinajstić information content (AvgIpc) is 2.27. The largest absolute Gasteiger partial charge is 0.337 e. The van der Waals surface area contributed by atoms with E-state index in [0.29, 0.717) is 24.1 Å². The van der Waals surface area contributed by atoms with E-state index in [0.717, 1.165) is 6.07 Å². The molecule has 0 bridgehead atoms. The van der Waals surface area contributed by atoms with E-state index in [9.17, 15) is 13.6 Å². The topological polar surface area (TPSA) is 20.3 Å². The van der Waals surface area contributed by atoms with Crippen molar-refractivity contribution in [2.75, 3.05) is 12.4 Å². The van der Waals surface area contributed by atoms with Crippen molar-refractivity contribution < 1.29 is 13.6 Å². The molecule has 1 aromatic carbocycles. The molecule has 86 valence electrons. The Morgan fingerprint density at radius 2 is 2.19 bits per heavy atom. The molecule has 0 N–H and O–H groups in total. The Kier molecular flexibility index (Phi) is 3.10. The Balaban J connectivity index is 2.30. The molecule has 1 aliphatic heterocycles. The van der Waals surface area contributed by atoms with Crippen molar-refractivity contribution in [3.05, 3.63) is 34.9 Å². The Hall–Kier alpha value is -1.16. The lowest BCUT2D eigenvalue weighted by Gasteiger charge is -2.28. The summed E-state index contributed by atoms with van der Waals surface area (Å²) in [5, 5.41) is 0. The van der Waals surface area contributed by atoms with Gasteiger partial charge >= 0.3 is 0 Å². The van der Waals surface area contributed by atoms with E-state index in [1.54, 1.807) is 0 Å². The average molecular weight is 246 g/mol. The van der Waals surface area contributed by atoms with Crippen molar-refractivity contribution in [3.8, 4) is 0 Å². The van der Waals surface area contributed by atoms with Crippen molar-refractivity contribution in [2.45, 2.75) is 13.0 Å². The number of amides is 1. The molecule has 2 rings (SSSR count). The summed E-state index contributed by atoms with van der Waals surface area (Å²) in [5.41, 5.74) is 1.03. The Bertz CT molecular complexity index is 436. The molecule has 16 heavy (non-hydrogen) atoms. The van der Waals surface area contributed by atoms with Crippen LogP contribution in [0.15, 0.2) is 12.1 Å². The van der Waals surface area contributed by atoms with E-state index in [1.165, 1.54) is 11.0 Å². The fourth-order valence-electron chi connectivity index (χ4n) is 1.88. The molecule has 0 saturated heterocycles. The summed E-state index contributed by atoms with van der Waals surface area (Å²) in [6.45, 7) is 0.633. The first-order valence-electron chi connectivity index (χ1n) is 4.92. The minimum atomic E-state index is -0.595. The number of benzene rings is 1. The highest BCUT2D eigenvalue weighted by Gasteiger charge is 2.23. The number of rotatable bonds is 1. The zero-order valence-corrected chi connectivity index (χ0v) is 9.23. The van der Waals surface area contributed by atoms with Crippen molar-refractivity contribution >= 4 is 17.5 Å². The number of halogens is 3. The first-order valence-corrected chi connectivity index (χ1v) is 5.46. The SMILES string of the molecule is O=C(CCl)N1CCc2cc(F)cc(F)c2C1. The number of hydrogen-bond acceptors (Lipinski definition) is 1. The van der Waals surface area contributed by atoms with Gasteiger partial charge in [-0.3, -0.25) is 4.79 Å². The summed E-state index contributed by atoms with van der Waals surface area (Å²) in [5.74, 6) is -1.51. The van der Waals surface area contributed by atoms with Crippen molar-refractivity contribution in [2.24, 2.45) is 0 Å². The summed E-state index contributed by atoms with van der Waals surface area (Å²) in [6, 6.07) is 2.16. The van der Waals surface area contributed by atoms with Crippen LogP contribution in [0.2, 0.25) is 0 Å². The van der Waals surface area contributed by atoms with Gasteiger partial charge in [0.1, 0.15) is 17.5 Å². The molecule has 1 aliphatic rings. The third-order valence-electron chi connectivity index (χ3n) is 2.72. The Morgan fingerprint density at radius 1 is 1.44 bits per heavy atom.